The highest BCUT2D eigenvalue weighted by Crippen LogP contribution is 2.29. The van der Waals surface area contributed by atoms with Gasteiger partial charge in [-0.3, -0.25) is 0 Å². The molecule has 2 aromatic carbocycles. The van der Waals surface area contributed by atoms with Crippen molar-refractivity contribution < 1.29 is 0 Å². The number of nitrogens with zero attached hydrogens (tertiary/aromatic N) is 5. The molecular weight excluding hydrogens is 370 g/mol. The van der Waals surface area contributed by atoms with E-state index in [0.29, 0.717) is 10.8 Å². The maximum absolute atomic E-state index is 6.00. The largest absolute Gasteiger partial charge is 0.325 e. The van der Waals surface area contributed by atoms with Gasteiger partial charge in [-0.15, -0.1) is 5.10 Å². The lowest BCUT2D eigenvalue weighted by Crippen LogP contribution is -2.03. The highest BCUT2D eigenvalue weighted by molar-refractivity contribution is 6.30. The van der Waals surface area contributed by atoms with Crippen LogP contribution in [0.15, 0.2) is 60.9 Å². The number of hydrogen-bond acceptors (Lipinski definition) is 3. The summed E-state index contributed by atoms with van der Waals surface area (Å²) < 4.78 is 4.00. The number of aryl methyl sites for hydroxylation is 1. The molecule has 6 heteroatoms. The topological polar surface area (TPSA) is 48.0 Å². The summed E-state index contributed by atoms with van der Waals surface area (Å²) in [6.07, 6.45) is 1.74. The van der Waals surface area contributed by atoms with Gasteiger partial charge in [-0.2, -0.15) is 0 Å². The number of halogens is 1. The van der Waals surface area contributed by atoms with Gasteiger partial charge in [-0.05, 0) is 49.2 Å². The van der Waals surface area contributed by atoms with Gasteiger partial charge in [-0.1, -0.05) is 41.9 Å². The molecule has 0 bridgehead atoms. The summed E-state index contributed by atoms with van der Waals surface area (Å²) in [5, 5.41) is 6.36. The summed E-state index contributed by atoms with van der Waals surface area (Å²) in [7, 11) is 0. The molecule has 0 aliphatic heterocycles. The first-order chi connectivity index (χ1) is 13.6. The molecule has 0 aliphatic rings. The van der Waals surface area contributed by atoms with Crippen LogP contribution in [0, 0.1) is 13.8 Å². The standard InChI is InChI=1S/C22H18ClN5/c1-14-15(2)27(12-16-6-4-3-5-7-16)21-19(14)22-25-20(26-28(22)13-24-21)17-8-10-18(23)11-9-17/h3-11,13H,12H2,1-2H3. The lowest BCUT2D eigenvalue weighted by atomic mass is 10.2. The van der Waals surface area contributed by atoms with Crippen molar-refractivity contribution in [2.45, 2.75) is 20.4 Å². The quantitative estimate of drug-likeness (QED) is 0.434. The van der Waals surface area contributed by atoms with Crippen LogP contribution in [0.4, 0.5) is 0 Å². The Bertz CT molecular complexity index is 1300. The molecule has 0 aliphatic carbocycles. The molecule has 5 rings (SSSR count). The van der Waals surface area contributed by atoms with Crippen LogP contribution in [0.2, 0.25) is 5.02 Å². The van der Waals surface area contributed by atoms with E-state index in [1.165, 1.54) is 16.8 Å². The zero-order chi connectivity index (χ0) is 19.3. The van der Waals surface area contributed by atoms with Crippen LogP contribution in [0.3, 0.4) is 0 Å². The van der Waals surface area contributed by atoms with Gasteiger partial charge < -0.3 is 4.57 Å². The zero-order valence-electron chi connectivity index (χ0n) is 15.6. The molecule has 5 nitrogen and oxygen atoms in total. The fourth-order valence-electron chi connectivity index (χ4n) is 3.61. The minimum absolute atomic E-state index is 0.666. The smallest absolute Gasteiger partial charge is 0.182 e. The van der Waals surface area contributed by atoms with E-state index >= 15 is 0 Å². The predicted octanol–water partition coefficient (Wildman–Crippen LogP) is 5.06. The fraction of sp³-hybridized carbons (Fsp3) is 0.136. The summed E-state index contributed by atoms with van der Waals surface area (Å²) >= 11 is 6.00. The summed E-state index contributed by atoms with van der Waals surface area (Å²) in [4.78, 5) is 9.53. The van der Waals surface area contributed by atoms with E-state index in [0.717, 1.165) is 28.8 Å². The van der Waals surface area contributed by atoms with E-state index in [4.69, 9.17) is 21.6 Å². The lowest BCUT2D eigenvalue weighted by Gasteiger charge is -2.07. The number of rotatable bonds is 3. The third-order valence-electron chi connectivity index (χ3n) is 5.23. The number of benzene rings is 2. The van der Waals surface area contributed by atoms with Crippen molar-refractivity contribution in [3.05, 3.63) is 82.8 Å². The van der Waals surface area contributed by atoms with Crippen LogP contribution in [0.25, 0.3) is 28.1 Å². The molecule has 28 heavy (non-hydrogen) atoms. The molecule has 0 spiro atoms. The molecule has 0 N–H and O–H groups in total. The van der Waals surface area contributed by atoms with Gasteiger partial charge in [0.1, 0.15) is 12.0 Å². The lowest BCUT2D eigenvalue weighted by molar-refractivity contribution is 0.787. The monoisotopic (exact) mass is 387 g/mol. The van der Waals surface area contributed by atoms with Gasteiger partial charge in [0.15, 0.2) is 11.5 Å². The van der Waals surface area contributed by atoms with Gasteiger partial charge in [0.2, 0.25) is 0 Å². The average molecular weight is 388 g/mol. The van der Waals surface area contributed by atoms with E-state index in [1.54, 1.807) is 10.8 Å². The molecule has 0 fully saturated rings. The normalized spacial score (nSPS) is 11.5. The van der Waals surface area contributed by atoms with E-state index in [9.17, 15) is 0 Å². The minimum Gasteiger partial charge on any atom is -0.325 e. The molecule has 0 amide bonds. The van der Waals surface area contributed by atoms with Crippen LogP contribution < -0.4 is 0 Å². The Morgan fingerprint density at radius 3 is 2.43 bits per heavy atom. The zero-order valence-corrected chi connectivity index (χ0v) is 16.4. The molecule has 138 valence electrons. The Labute approximate surface area is 167 Å². The van der Waals surface area contributed by atoms with Crippen molar-refractivity contribution in [2.24, 2.45) is 0 Å². The molecule has 0 saturated heterocycles. The first-order valence-electron chi connectivity index (χ1n) is 9.12. The second-order valence-electron chi connectivity index (χ2n) is 6.94. The highest BCUT2D eigenvalue weighted by atomic mass is 35.5. The van der Waals surface area contributed by atoms with E-state index in [-0.39, 0.29) is 0 Å². The maximum Gasteiger partial charge on any atom is 0.182 e. The second kappa shape index (κ2) is 6.46. The third kappa shape index (κ3) is 2.67. The van der Waals surface area contributed by atoms with Gasteiger partial charge in [0.25, 0.3) is 0 Å². The summed E-state index contributed by atoms with van der Waals surface area (Å²) in [5.41, 5.74) is 6.30. The molecule has 3 aromatic heterocycles. The molecule has 0 saturated carbocycles. The maximum atomic E-state index is 6.00. The van der Waals surface area contributed by atoms with Crippen LogP contribution in [-0.4, -0.2) is 24.1 Å². The van der Waals surface area contributed by atoms with Crippen molar-refractivity contribution in [1.29, 1.82) is 0 Å². The second-order valence-corrected chi connectivity index (χ2v) is 7.37. The Hall–Kier alpha value is -3.18. The number of hydrogen-bond donors (Lipinski definition) is 0. The van der Waals surface area contributed by atoms with Crippen molar-refractivity contribution >= 4 is 28.3 Å². The molecule has 3 heterocycles. The van der Waals surface area contributed by atoms with Crippen molar-refractivity contribution in [3.8, 4) is 11.4 Å². The Morgan fingerprint density at radius 2 is 1.68 bits per heavy atom. The average Bonchev–Trinajstić information content (AvgIpc) is 3.24. The SMILES string of the molecule is Cc1c(C)n(Cc2ccccc2)c2ncn3nc(-c4ccc(Cl)cc4)nc3c12. The fourth-order valence-corrected chi connectivity index (χ4v) is 3.74. The first-order valence-corrected chi connectivity index (χ1v) is 9.50. The summed E-state index contributed by atoms with van der Waals surface area (Å²) in [6, 6.07) is 18.0. The van der Waals surface area contributed by atoms with Gasteiger partial charge in [0.05, 0.1) is 5.39 Å². The molecular formula is C22H18ClN5. The number of aromatic nitrogens is 5. The van der Waals surface area contributed by atoms with Crippen molar-refractivity contribution in [3.63, 3.8) is 0 Å². The summed E-state index contributed by atoms with van der Waals surface area (Å²) in [6.45, 7) is 5.03. The highest BCUT2D eigenvalue weighted by Gasteiger charge is 2.18. The number of fused-ring (bicyclic) bond motifs is 3. The molecule has 0 unspecified atom stereocenters. The van der Waals surface area contributed by atoms with Gasteiger partial charge in [-0.25, -0.2) is 14.5 Å². The Morgan fingerprint density at radius 1 is 0.929 bits per heavy atom. The first kappa shape index (κ1) is 17.0. The Balaban J connectivity index is 1.70. The van der Waals surface area contributed by atoms with E-state index < -0.39 is 0 Å². The van der Waals surface area contributed by atoms with Crippen LogP contribution in [-0.2, 0) is 6.54 Å². The Kier molecular flexibility index (Phi) is 3.91. The minimum atomic E-state index is 0.666. The van der Waals surface area contributed by atoms with Crippen molar-refractivity contribution in [2.75, 3.05) is 0 Å². The van der Waals surface area contributed by atoms with Gasteiger partial charge >= 0.3 is 0 Å². The van der Waals surface area contributed by atoms with E-state index in [1.807, 2.05) is 30.3 Å². The summed E-state index contributed by atoms with van der Waals surface area (Å²) in [5.74, 6) is 0.666. The molecule has 0 atom stereocenters. The van der Waals surface area contributed by atoms with Crippen LogP contribution >= 0.6 is 11.6 Å². The van der Waals surface area contributed by atoms with E-state index in [2.05, 4.69) is 47.8 Å². The van der Waals surface area contributed by atoms with Crippen LogP contribution in [0.5, 0.6) is 0 Å². The molecule has 5 aromatic rings. The third-order valence-corrected chi connectivity index (χ3v) is 5.48. The molecule has 0 radical (unpaired) electrons. The van der Waals surface area contributed by atoms with Crippen LogP contribution in [0.1, 0.15) is 16.8 Å². The van der Waals surface area contributed by atoms with Gasteiger partial charge in [0, 0.05) is 22.8 Å². The van der Waals surface area contributed by atoms with Crippen molar-refractivity contribution in [1.82, 2.24) is 24.1 Å². The predicted molar refractivity (Wildman–Crippen MR) is 112 cm³/mol.